The van der Waals surface area contributed by atoms with Gasteiger partial charge in [0.2, 0.25) is 5.91 Å². The molecule has 1 saturated carbocycles. The molecule has 3 nitrogen and oxygen atoms in total. The largest absolute Gasteiger partial charge is 0.352 e. The van der Waals surface area contributed by atoms with E-state index in [9.17, 15) is 4.79 Å². The molecule has 1 unspecified atom stereocenters. The third-order valence-electron chi connectivity index (χ3n) is 4.69. The van der Waals surface area contributed by atoms with Crippen molar-refractivity contribution in [2.75, 3.05) is 6.54 Å². The van der Waals surface area contributed by atoms with Crippen molar-refractivity contribution in [3.63, 3.8) is 0 Å². The molecule has 0 aromatic heterocycles. The van der Waals surface area contributed by atoms with Crippen LogP contribution in [0.5, 0.6) is 0 Å². The van der Waals surface area contributed by atoms with Crippen LogP contribution in [0.15, 0.2) is 0 Å². The molecule has 1 aliphatic carbocycles. The normalized spacial score (nSPS) is 18.5. The molecule has 21 heavy (non-hydrogen) atoms. The van der Waals surface area contributed by atoms with Crippen molar-refractivity contribution >= 4 is 5.91 Å². The van der Waals surface area contributed by atoms with E-state index in [2.05, 4.69) is 31.4 Å². The zero-order valence-electron chi connectivity index (χ0n) is 14.6. The van der Waals surface area contributed by atoms with Gasteiger partial charge in [-0.3, -0.25) is 4.79 Å². The SMILES string of the molecule is CCCCCC(C)(C)CNC(C)C(=O)NC1CCCCC1. The fourth-order valence-corrected chi connectivity index (χ4v) is 3.04. The molecule has 1 amide bonds. The Bertz CT molecular complexity index is 296. The van der Waals surface area contributed by atoms with Crippen LogP contribution < -0.4 is 10.6 Å². The predicted molar refractivity (Wildman–Crippen MR) is 90.4 cm³/mol. The van der Waals surface area contributed by atoms with Gasteiger partial charge >= 0.3 is 0 Å². The first-order valence-corrected chi connectivity index (χ1v) is 8.98. The molecule has 124 valence electrons. The summed E-state index contributed by atoms with van der Waals surface area (Å²) < 4.78 is 0. The van der Waals surface area contributed by atoms with E-state index in [0.29, 0.717) is 6.04 Å². The van der Waals surface area contributed by atoms with Crippen LogP contribution in [0.3, 0.4) is 0 Å². The minimum atomic E-state index is -0.0858. The Morgan fingerprint density at radius 3 is 2.48 bits per heavy atom. The van der Waals surface area contributed by atoms with Crippen LogP contribution >= 0.6 is 0 Å². The van der Waals surface area contributed by atoms with E-state index in [-0.39, 0.29) is 17.4 Å². The number of unbranched alkanes of at least 4 members (excludes halogenated alkanes) is 2. The zero-order valence-corrected chi connectivity index (χ0v) is 14.6. The first kappa shape index (κ1) is 18.5. The maximum absolute atomic E-state index is 12.2. The van der Waals surface area contributed by atoms with Gasteiger partial charge in [0.1, 0.15) is 0 Å². The molecule has 1 aliphatic rings. The van der Waals surface area contributed by atoms with Gasteiger partial charge in [-0.15, -0.1) is 0 Å². The number of carbonyl (C=O) groups is 1. The number of rotatable bonds is 9. The Morgan fingerprint density at radius 2 is 1.86 bits per heavy atom. The molecule has 0 heterocycles. The summed E-state index contributed by atoms with van der Waals surface area (Å²) in [7, 11) is 0. The molecule has 0 aromatic rings. The molecule has 2 N–H and O–H groups in total. The average molecular weight is 296 g/mol. The van der Waals surface area contributed by atoms with Gasteiger partial charge in [0.15, 0.2) is 0 Å². The molecule has 1 fully saturated rings. The Hall–Kier alpha value is -0.570. The van der Waals surface area contributed by atoms with E-state index in [4.69, 9.17) is 0 Å². The summed E-state index contributed by atoms with van der Waals surface area (Å²) in [6, 6.07) is 0.324. The van der Waals surface area contributed by atoms with Crippen LogP contribution in [-0.4, -0.2) is 24.5 Å². The predicted octanol–water partition coefficient (Wildman–Crippen LogP) is 4.02. The highest BCUT2D eigenvalue weighted by molar-refractivity contribution is 5.81. The molecule has 0 bridgehead atoms. The van der Waals surface area contributed by atoms with Crippen molar-refractivity contribution in [2.45, 2.75) is 97.6 Å². The maximum atomic E-state index is 12.2. The summed E-state index contributed by atoms with van der Waals surface area (Å²) in [5.74, 6) is 0.172. The third kappa shape index (κ3) is 7.85. The second-order valence-corrected chi connectivity index (χ2v) is 7.57. The minimum absolute atomic E-state index is 0.0858. The third-order valence-corrected chi connectivity index (χ3v) is 4.69. The number of amides is 1. The lowest BCUT2D eigenvalue weighted by Crippen LogP contribution is -2.48. The highest BCUT2D eigenvalue weighted by Crippen LogP contribution is 2.23. The van der Waals surface area contributed by atoms with Crippen molar-refractivity contribution < 1.29 is 4.79 Å². The van der Waals surface area contributed by atoms with E-state index >= 15 is 0 Å². The summed E-state index contributed by atoms with van der Waals surface area (Å²) in [6.07, 6.45) is 11.2. The molecule has 0 aromatic carbocycles. The Morgan fingerprint density at radius 1 is 1.19 bits per heavy atom. The fraction of sp³-hybridized carbons (Fsp3) is 0.944. The number of nitrogens with one attached hydrogen (secondary N) is 2. The van der Waals surface area contributed by atoms with Crippen molar-refractivity contribution in [1.82, 2.24) is 10.6 Å². The summed E-state index contributed by atoms with van der Waals surface area (Å²) in [4.78, 5) is 12.2. The monoisotopic (exact) mass is 296 g/mol. The van der Waals surface area contributed by atoms with Crippen LogP contribution in [0, 0.1) is 5.41 Å². The topological polar surface area (TPSA) is 41.1 Å². The van der Waals surface area contributed by atoms with Gasteiger partial charge in [0, 0.05) is 12.6 Å². The van der Waals surface area contributed by atoms with Gasteiger partial charge in [0.25, 0.3) is 0 Å². The molecule has 0 saturated heterocycles. The summed E-state index contributed by atoms with van der Waals surface area (Å²) >= 11 is 0. The van der Waals surface area contributed by atoms with E-state index < -0.39 is 0 Å². The van der Waals surface area contributed by atoms with Gasteiger partial charge in [-0.2, -0.15) is 0 Å². The molecule has 0 aliphatic heterocycles. The van der Waals surface area contributed by atoms with E-state index in [1.807, 2.05) is 6.92 Å². The highest BCUT2D eigenvalue weighted by Gasteiger charge is 2.22. The number of carbonyl (C=O) groups excluding carboxylic acids is 1. The standard InChI is InChI=1S/C18H36N2O/c1-5-6-10-13-18(3,4)14-19-15(2)17(21)20-16-11-8-7-9-12-16/h15-16,19H,5-14H2,1-4H3,(H,20,21). The van der Waals surface area contributed by atoms with Gasteiger partial charge in [-0.05, 0) is 31.6 Å². The van der Waals surface area contributed by atoms with Gasteiger partial charge in [-0.25, -0.2) is 0 Å². The number of hydrogen-bond acceptors (Lipinski definition) is 2. The minimum Gasteiger partial charge on any atom is -0.352 e. The fourth-order valence-electron chi connectivity index (χ4n) is 3.04. The van der Waals surface area contributed by atoms with Gasteiger partial charge < -0.3 is 10.6 Å². The molecule has 0 spiro atoms. The lowest BCUT2D eigenvalue weighted by molar-refractivity contribution is -0.123. The van der Waals surface area contributed by atoms with E-state index in [0.717, 1.165) is 19.4 Å². The quantitative estimate of drug-likeness (QED) is 0.631. The smallest absolute Gasteiger partial charge is 0.237 e. The molecular weight excluding hydrogens is 260 g/mol. The highest BCUT2D eigenvalue weighted by atomic mass is 16.2. The second-order valence-electron chi connectivity index (χ2n) is 7.57. The van der Waals surface area contributed by atoms with Crippen LogP contribution in [0.4, 0.5) is 0 Å². The molecule has 1 atom stereocenters. The summed E-state index contributed by atoms with van der Waals surface area (Å²) in [5.41, 5.74) is 0.272. The number of hydrogen-bond donors (Lipinski definition) is 2. The average Bonchev–Trinajstić information content (AvgIpc) is 2.46. The lowest BCUT2D eigenvalue weighted by Gasteiger charge is -2.28. The first-order valence-electron chi connectivity index (χ1n) is 8.98. The van der Waals surface area contributed by atoms with Crippen LogP contribution in [0.1, 0.15) is 85.5 Å². The van der Waals surface area contributed by atoms with Crippen molar-refractivity contribution in [3.05, 3.63) is 0 Å². The van der Waals surface area contributed by atoms with Crippen molar-refractivity contribution in [3.8, 4) is 0 Å². The Balaban J connectivity index is 2.24. The van der Waals surface area contributed by atoms with Crippen molar-refractivity contribution in [1.29, 1.82) is 0 Å². The first-order chi connectivity index (χ1) is 9.94. The summed E-state index contributed by atoms with van der Waals surface area (Å²) in [6.45, 7) is 9.72. The molecule has 0 radical (unpaired) electrons. The van der Waals surface area contributed by atoms with E-state index in [1.165, 1.54) is 44.9 Å². The molecule has 3 heteroatoms. The zero-order chi connectivity index (χ0) is 15.7. The van der Waals surface area contributed by atoms with Crippen LogP contribution in [-0.2, 0) is 4.79 Å². The van der Waals surface area contributed by atoms with Crippen molar-refractivity contribution in [2.24, 2.45) is 5.41 Å². The lowest BCUT2D eigenvalue weighted by atomic mass is 9.86. The molecule has 1 rings (SSSR count). The van der Waals surface area contributed by atoms with Crippen LogP contribution in [0.25, 0.3) is 0 Å². The second kappa shape index (κ2) is 9.45. The van der Waals surface area contributed by atoms with Gasteiger partial charge in [-0.1, -0.05) is 59.3 Å². The Kier molecular flexibility index (Phi) is 8.31. The maximum Gasteiger partial charge on any atom is 0.237 e. The van der Waals surface area contributed by atoms with Crippen LogP contribution in [0.2, 0.25) is 0 Å². The Labute approximate surface area is 131 Å². The summed E-state index contributed by atoms with van der Waals surface area (Å²) in [5, 5.41) is 6.63. The van der Waals surface area contributed by atoms with E-state index in [1.54, 1.807) is 0 Å². The van der Waals surface area contributed by atoms with Gasteiger partial charge in [0.05, 0.1) is 6.04 Å². The molecular formula is C18H36N2O.